The van der Waals surface area contributed by atoms with E-state index in [-0.39, 0.29) is 11.3 Å². The fourth-order valence-corrected chi connectivity index (χ4v) is 2.19. The molecule has 0 unspecified atom stereocenters. The monoisotopic (exact) mass is 281 g/mol. The molecule has 21 heavy (non-hydrogen) atoms. The molecule has 0 atom stereocenters. The number of rotatable bonds is 4. The number of nitro benzene ring substituents is 1. The summed E-state index contributed by atoms with van der Waals surface area (Å²) in [6.45, 7) is 1.74. The summed E-state index contributed by atoms with van der Waals surface area (Å²) in [5.74, 6) is -0.523. The molecule has 0 N–H and O–H groups in total. The summed E-state index contributed by atoms with van der Waals surface area (Å²) in [5, 5.41) is 11.2. The zero-order chi connectivity index (χ0) is 15.4. The number of carbonyl (C=O) groups excluding carboxylic acids is 1. The van der Waals surface area contributed by atoms with Crippen molar-refractivity contribution in [1.82, 2.24) is 0 Å². The highest BCUT2D eigenvalue weighted by atomic mass is 16.6. The van der Waals surface area contributed by atoms with Crippen molar-refractivity contribution in [3.8, 4) is 11.1 Å². The van der Waals surface area contributed by atoms with Gasteiger partial charge in [-0.05, 0) is 12.5 Å². The predicted molar refractivity (Wildman–Crippen MR) is 77.3 cm³/mol. The number of aryl methyl sites for hydroxylation is 1. The van der Waals surface area contributed by atoms with E-state index in [1.165, 1.54) is 12.1 Å². The fourth-order valence-electron chi connectivity index (χ4n) is 2.19. The van der Waals surface area contributed by atoms with Gasteiger partial charge in [-0.25, -0.2) is 0 Å². The molecule has 0 radical (unpaired) electrons. The van der Waals surface area contributed by atoms with Gasteiger partial charge in [-0.15, -0.1) is 0 Å². The van der Waals surface area contributed by atoms with Gasteiger partial charge >= 0.3 is 6.21 Å². The van der Waals surface area contributed by atoms with Crippen molar-refractivity contribution in [3.63, 3.8) is 0 Å². The van der Waals surface area contributed by atoms with E-state index in [9.17, 15) is 14.9 Å². The van der Waals surface area contributed by atoms with Crippen LogP contribution in [-0.4, -0.2) is 21.7 Å². The lowest BCUT2D eigenvalue weighted by molar-refractivity contribution is -0.384. The first kappa shape index (κ1) is 14.3. The van der Waals surface area contributed by atoms with Gasteiger partial charge in [-0.1, -0.05) is 36.4 Å². The van der Waals surface area contributed by atoms with Crippen LogP contribution in [0, 0.1) is 17.0 Å². The third-order valence-electron chi connectivity index (χ3n) is 3.08. The highest BCUT2D eigenvalue weighted by Gasteiger charge is 2.22. The Labute approximate surface area is 120 Å². The quantitative estimate of drug-likeness (QED) is 0.215. The molecule has 0 aliphatic carbocycles. The molecule has 0 aliphatic rings. The Balaban J connectivity index is 2.77. The van der Waals surface area contributed by atoms with Crippen LogP contribution in [0.1, 0.15) is 15.9 Å². The van der Waals surface area contributed by atoms with Crippen molar-refractivity contribution in [1.29, 1.82) is 0 Å². The summed E-state index contributed by atoms with van der Waals surface area (Å²) in [4.78, 5) is 25.4. The van der Waals surface area contributed by atoms with Gasteiger partial charge in [-0.2, -0.15) is 4.79 Å². The third kappa shape index (κ3) is 2.75. The minimum absolute atomic E-state index is 0.0730. The highest BCUT2D eigenvalue weighted by Crippen LogP contribution is 2.34. The van der Waals surface area contributed by atoms with Gasteiger partial charge in [0.05, 0.1) is 10.5 Å². The minimum atomic E-state index is -0.523. The molecule has 0 saturated carbocycles. The molecule has 2 aromatic rings. The van der Waals surface area contributed by atoms with E-state index in [1.807, 2.05) is 0 Å². The van der Waals surface area contributed by atoms with Crippen LogP contribution in [-0.2, 0) is 0 Å². The molecular weight excluding hydrogens is 270 g/mol. The first-order chi connectivity index (χ1) is 10.1. The van der Waals surface area contributed by atoms with Crippen LogP contribution < -0.4 is 0 Å². The van der Waals surface area contributed by atoms with Gasteiger partial charge in [0.15, 0.2) is 0 Å². The smallest absolute Gasteiger partial charge is 0.328 e. The molecule has 0 bridgehead atoms. The van der Waals surface area contributed by atoms with Crippen LogP contribution in [0.3, 0.4) is 0 Å². The first-order valence-electron chi connectivity index (χ1n) is 6.11. The van der Waals surface area contributed by atoms with Crippen molar-refractivity contribution in [3.05, 3.63) is 69.2 Å². The molecule has 0 fully saturated rings. The molecule has 2 aromatic carbocycles. The van der Waals surface area contributed by atoms with E-state index in [1.54, 1.807) is 37.3 Å². The van der Waals surface area contributed by atoms with Crippen molar-refractivity contribution in [2.24, 2.45) is 0 Å². The number of benzene rings is 2. The summed E-state index contributed by atoms with van der Waals surface area (Å²) in [5.41, 5.74) is 10.2. The predicted octanol–water partition coefficient (Wildman–Crippen LogP) is 3.05. The fraction of sp³-hybridized carbons (Fsp3) is 0.0667. The van der Waals surface area contributed by atoms with Crippen LogP contribution in [0.25, 0.3) is 16.7 Å². The summed E-state index contributed by atoms with van der Waals surface area (Å²) in [7, 11) is 0. The molecule has 0 aliphatic heterocycles. The number of ketones is 1. The molecule has 0 saturated heterocycles. The summed E-state index contributed by atoms with van der Waals surface area (Å²) in [6.07, 6.45) is 0.767. The van der Waals surface area contributed by atoms with Crippen molar-refractivity contribution in [2.45, 2.75) is 6.92 Å². The zero-order valence-electron chi connectivity index (χ0n) is 11.2. The Morgan fingerprint density at radius 2 is 1.95 bits per heavy atom. The van der Waals surface area contributed by atoms with Gasteiger partial charge < -0.3 is 5.53 Å². The third-order valence-corrected chi connectivity index (χ3v) is 3.08. The molecule has 0 spiro atoms. The Morgan fingerprint density at radius 1 is 1.24 bits per heavy atom. The summed E-state index contributed by atoms with van der Waals surface area (Å²) in [6, 6.07) is 11.2. The molecule has 104 valence electrons. The van der Waals surface area contributed by atoms with Crippen LogP contribution >= 0.6 is 0 Å². The van der Waals surface area contributed by atoms with E-state index in [4.69, 9.17) is 5.53 Å². The highest BCUT2D eigenvalue weighted by molar-refractivity contribution is 6.35. The molecule has 0 amide bonds. The SMILES string of the molecule is Cc1cccc([N+](=O)[O-])c1-c1ccccc1C(=O)C=[N+]=[N-]. The second kappa shape index (κ2) is 5.90. The Kier molecular flexibility index (Phi) is 4.02. The van der Waals surface area contributed by atoms with E-state index in [0.29, 0.717) is 16.7 Å². The van der Waals surface area contributed by atoms with Gasteiger partial charge in [0.1, 0.15) is 0 Å². The maximum atomic E-state index is 12.0. The van der Waals surface area contributed by atoms with E-state index in [2.05, 4.69) is 4.79 Å². The molecule has 0 aromatic heterocycles. The van der Waals surface area contributed by atoms with Crippen molar-refractivity contribution < 1.29 is 14.5 Å². The van der Waals surface area contributed by atoms with Gasteiger partial charge in [0.25, 0.3) is 11.5 Å². The average Bonchev–Trinajstić information content (AvgIpc) is 2.47. The van der Waals surface area contributed by atoms with E-state index < -0.39 is 10.7 Å². The normalized spacial score (nSPS) is 9.76. The molecule has 0 heterocycles. The maximum absolute atomic E-state index is 12.0. The van der Waals surface area contributed by atoms with Crippen LogP contribution in [0.4, 0.5) is 5.69 Å². The van der Waals surface area contributed by atoms with Gasteiger partial charge in [0, 0.05) is 17.2 Å². The number of hydrogen-bond acceptors (Lipinski definition) is 3. The van der Waals surface area contributed by atoms with E-state index >= 15 is 0 Å². The standard InChI is InChI=1S/C15H11N3O3/c1-10-5-4-8-13(18(20)21)15(10)12-7-3-2-6-11(12)14(19)9-17-16/h2-9H,1H3. The van der Waals surface area contributed by atoms with Crippen LogP contribution in [0.5, 0.6) is 0 Å². The van der Waals surface area contributed by atoms with Crippen molar-refractivity contribution >= 4 is 17.7 Å². The zero-order valence-corrected chi connectivity index (χ0v) is 11.2. The minimum Gasteiger partial charge on any atom is -0.361 e. The lowest BCUT2D eigenvalue weighted by Gasteiger charge is -2.09. The second-order valence-corrected chi connectivity index (χ2v) is 4.38. The number of nitrogens with zero attached hydrogens (tertiary/aromatic N) is 3. The van der Waals surface area contributed by atoms with Gasteiger partial charge in [-0.3, -0.25) is 14.9 Å². The van der Waals surface area contributed by atoms with Gasteiger partial charge in [0.2, 0.25) is 0 Å². The number of nitro groups is 1. The number of Topliss-reactive ketones (excluding diaryl/α,β-unsaturated/α-hetero) is 1. The first-order valence-corrected chi connectivity index (χ1v) is 6.11. The topological polar surface area (TPSA) is 96.6 Å². The lowest BCUT2D eigenvalue weighted by atomic mass is 9.93. The average molecular weight is 281 g/mol. The molecular formula is C15H11N3O3. The summed E-state index contributed by atoms with van der Waals surface area (Å²) >= 11 is 0. The number of carbonyl (C=O) groups is 1. The van der Waals surface area contributed by atoms with Crippen LogP contribution in [0.2, 0.25) is 0 Å². The maximum Gasteiger partial charge on any atom is 0.328 e. The van der Waals surface area contributed by atoms with Crippen molar-refractivity contribution in [2.75, 3.05) is 0 Å². The molecule has 6 heteroatoms. The molecule has 2 rings (SSSR count). The van der Waals surface area contributed by atoms with E-state index in [0.717, 1.165) is 6.21 Å². The molecule has 6 nitrogen and oxygen atoms in total. The lowest BCUT2D eigenvalue weighted by Crippen LogP contribution is -2.05. The summed E-state index contributed by atoms with van der Waals surface area (Å²) < 4.78 is 0. The van der Waals surface area contributed by atoms with Crippen LogP contribution in [0.15, 0.2) is 42.5 Å². The largest absolute Gasteiger partial charge is 0.361 e. The Bertz CT molecular complexity index is 777. The Morgan fingerprint density at radius 3 is 2.62 bits per heavy atom. The Hall–Kier alpha value is -3.11. The second-order valence-electron chi connectivity index (χ2n) is 4.38. The number of hydrogen-bond donors (Lipinski definition) is 0.